The number of aromatic nitrogens is 3. The lowest BCUT2D eigenvalue weighted by atomic mass is 10.00. The van der Waals surface area contributed by atoms with Gasteiger partial charge in [0.05, 0.1) is 0 Å². The van der Waals surface area contributed by atoms with Crippen LogP contribution in [0.2, 0.25) is 0 Å². The fourth-order valence-electron chi connectivity index (χ4n) is 2.13. The second kappa shape index (κ2) is 4.61. The lowest BCUT2D eigenvalue weighted by Crippen LogP contribution is -2.54. The van der Waals surface area contributed by atoms with Gasteiger partial charge in [0.25, 0.3) is 0 Å². The summed E-state index contributed by atoms with van der Waals surface area (Å²) in [6.45, 7) is 4.24. The Morgan fingerprint density at radius 1 is 1.50 bits per heavy atom. The molecule has 1 fully saturated rings. The second-order valence-electron chi connectivity index (χ2n) is 4.31. The minimum absolute atomic E-state index is 0.224. The van der Waals surface area contributed by atoms with Gasteiger partial charge in [-0.3, -0.25) is 15.3 Å². The molecule has 6 nitrogen and oxygen atoms in total. The summed E-state index contributed by atoms with van der Waals surface area (Å²) in [4.78, 5) is 15.6. The van der Waals surface area contributed by atoms with Crippen molar-refractivity contribution in [2.45, 2.75) is 45.2 Å². The number of hydrogen-bond acceptors (Lipinski definition) is 4. The van der Waals surface area contributed by atoms with E-state index in [1.165, 1.54) is 12.7 Å². The normalized spacial score (nSPS) is 26.6. The zero-order valence-corrected chi connectivity index (χ0v) is 9.60. The number of aromatic amines is 1. The largest absolute Gasteiger partial charge is 0.302 e. The number of piperidine rings is 1. The van der Waals surface area contributed by atoms with Crippen LogP contribution in [-0.2, 0) is 0 Å². The third-order valence-corrected chi connectivity index (χ3v) is 3.05. The number of amides is 1. The van der Waals surface area contributed by atoms with Crippen molar-refractivity contribution >= 4 is 5.91 Å². The van der Waals surface area contributed by atoms with E-state index < -0.39 is 0 Å². The van der Waals surface area contributed by atoms with Crippen molar-refractivity contribution in [2.24, 2.45) is 0 Å². The van der Waals surface area contributed by atoms with Crippen LogP contribution in [0.5, 0.6) is 0 Å². The number of rotatable bonds is 2. The van der Waals surface area contributed by atoms with Crippen molar-refractivity contribution in [3.63, 3.8) is 0 Å². The van der Waals surface area contributed by atoms with Gasteiger partial charge in [0, 0.05) is 12.1 Å². The van der Waals surface area contributed by atoms with Crippen LogP contribution in [0.25, 0.3) is 0 Å². The maximum absolute atomic E-state index is 11.8. The minimum Gasteiger partial charge on any atom is -0.282 e. The molecule has 0 radical (unpaired) electrons. The Labute approximate surface area is 94.4 Å². The Kier molecular flexibility index (Phi) is 3.19. The third-order valence-electron chi connectivity index (χ3n) is 3.05. The van der Waals surface area contributed by atoms with Gasteiger partial charge in [-0.25, -0.2) is 9.99 Å². The van der Waals surface area contributed by atoms with Crippen LogP contribution >= 0.6 is 0 Å². The van der Waals surface area contributed by atoms with Crippen LogP contribution in [-0.4, -0.2) is 38.2 Å². The van der Waals surface area contributed by atoms with Gasteiger partial charge in [-0.05, 0) is 26.7 Å². The van der Waals surface area contributed by atoms with E-state index in [0.29, 0.717) is 12.1 Å². The molecule has 1 aliphatic heterocycles. The van der Waals surface area contributed by atoms with E-state index in [1.807, 2.05) is 5.01 Å². The van der Waals surface area contributed by atoms with E-state index in [9.17, 15) is 4.79 Å². The minimum atomic E-state index is -0.224. The molecular weight excluding hydrogens is 206 g/mol. The van der Waals surface area contributed by atoms with Crippen molar-refractivity contribution < 1.29 is 4.79 Å². The summed E-state index contributed by atoms with van der Waals surface area (Å²) in [6, 6.07) is 0.742. The third kappa shape index (κ3) is 2.21. The van der Waals surface area contributed by atoms with E-state index in [4.69, 9.17) is 0 Å². The molecule has 1 amide bonds. The van der Waals surface area contributed by atoms with Crippen LogP contribution in [0.15, 0.2) is 6.33 Å². The molecule has 0 saturated carbocycles. The van der Waals surface area contributed by atoms with Crippen LogP contribution in [0.4, 0.5) is 0 Å². The predicted molar refractivity (Wildman–Crippen MR) is 58.5 cm³/mol. The fourth-order valence-corrected chi connectivity index (χ4v) is 2.13. The molecule has 2 atom stereocenters. The molecule has 2 N–H and O–H groups in total. The number of nitrogens with one attached hydrogen (secondary N) is 2. The summed E-state index contributed by atoms with van der Waals surface area (Å²) in [7, 11) is 0. The summed E-state index contributed by atoms with van der Waals surface area (Å²) in [5.74, 6) is 0.0306. The molecule has 88 valence electrons. The zero-order chi connectivity index (χ0) is 11.5. The molecule has 2 heterocycles. The van der Waals surface area contributed by atoms with E-state index in [2.05, 4.69) is 34.5 Å². The average Bonchev–Trinajstić information content (AvgIpc) is 2.76. The molecule has 1 aliphatic rings. The number of carbonyl (C=O) groups excluding carboxylic acids is 1. The first-order valence-corrected chi connectivity index (χ1v) is 5.63. The molecule has 0 bridgehead atoms. The number of nitrogens with zero attached hydrogens (tertiary/aromatic N) is 3. The van der Waals surface area contributed by atoms with Crippen molar-refractivity contribution in [2.75, 3.05) is 0 Å². The number of hydrazine groups is 1. The number of H-pyrrole nitrogens is 1. The van der Waals surface area contributed by atoms with E-state index in [0.717, 1.165) is 12.8 Å². The highest BCUT2D eigenvalue weighted by Crippen LogP contribution is 2.20. The summed E-state index contributed by atoms with van der Waals surface area (Å²) in [5.41, 5.74) is 2.88. The van der Waals surface area contributed by atoms with Gasteiger partial charge in [-0.15, -0.1) is 0 Å². The number of carbonyl (C=O) groups is 1. The van der Waals surface area contributed by atoms with Gasteiger partial charge < -0.3 is 0 Å². The molecule has 2 rings (SSSR count). The fraction of sp³-hybridized carbons (Fsp3) is 0.700. The molecule has 1 aromatic rings. The molecule has 6 heteroatoms. The van der Waals surface area contributed by atoms with Crippen molar-refractivity contribution in [3.8, 4) is 0 Å². The molecule has 1 saturated heterocycles. The smallest absolute Gasteiger partial charge is 0.282 e. The summed E-state index contributed by atoms with van der Waals surface area (Å²) in [5, 5.41) is 8.22. The summed E-state index contributed by atoms with van der Waals surface area (Å²) >= 11 is 0. The van der Waals surface area contributed by atoms with Crippen LogP contribution in [0.1, 0.15) is 43.7 Å². The molecule has 1 aromatic heterocycles. The Morgan fingerprint density at radius 3 is 2.75 bits per heavy atom. The van der Waals surface area contributed by atoms with E-state index in [1.54, 1.807) is 0 Å². The van der Waals surface area contributed by atoms with Gasteiger partial charge in [-0.1, -0.05) is 6.42 Å². The highest BCUT2D eigenvalue weighted by molar-refractivity contribution is 5.89. The molecule has 0 spiro atoms. The van der Waals surface area contributed by atoms with Gasteiger partial charge in [0.2, 0.25) is 5.82 Å². The highest BCUT2D eigenvalue weighted by Gasteiger charge is 2.26. The van der Waals surface area contributed by atoms with Crippen molar-refractivity contribution in [1.29, 1.82) is 0 Å². The second-order valence-corrected chi connectivity index (χ2v) is 4.31. The molecule has 0 aromatic carbocycles. The van der Waals surface area contributed by atoms with Gasteiger partial charge >= 0.3 is 5.91 Å². The average molecular weight is 223 g/mol. The molecular formula is C10H17N5O. The standard InChI is InChI=1S/C10H17N5O/c1-7-4-3-5-8(2)15(7)14-10(16)9-11-6-12-13-9/h6-8H,3-5H2,1-2H3,(H,14,16)(H,11,12,13). The molecule has 2 unspecified atom stereocenters. The maximum Gasteiger partial charge on any atom is 0.302 e. The molecule has 16 heavy (non-hydrogen) atoms. The Balaban J connectivity index is 2.00. The van der Waals surface area contributed by atoms with Gasteiger partial charge in [-0.2, -0.15) is 5.10 Å². The van der Waals surface area contributed by atoms with Gasteiger partial charge in [0.15, 0.2) is 0 Å². The first-order valence-electron chi connectivity index (χ1n) is 5.63. The van der Waals surface area contributed by atoms with Crippen LogP contribution in [0, 0.1) is 0 Å². The predicted octanol–water partition coefficient (Wildman–Crippen LogP) is 0.712. The van der Waals surface area contributed by atoms with Crippen LogP contribution in [0.3, 0.4) is 0 Å². The van der Waals surface area contributed by atoms with Crippen molar-refractivity contribution in [3.05, 3.63) is 12.2 Å². The SMILES string of the molecule is CC1CCCC(C)N1NC(=O)c1ncn[nH]1. The lowest BCUT2D eigenvalue weighted by Gasteiger charge is -2.38. The molecule has 0 aliphatic carbocycles. The quantitative estimate of drug-likeness (QED) is 0.774. The highest BCUT2D eigenvalue weighted by atomic mass is 16.2. The topological polar surface area (TPSA) is 73.9 Å². The summed E-state index contributed by atoms with van der Waals surface area (Å²) in [6.07, 6.45) is 4.77. The first kappa shape index (κ1) is 11.1. The number of hydrogen-bond donors (Lipinski definition) is 2. The van der Waals surface area contributed by atoms with Crippen LogP contribution < -0.4 is 5.43 Å². The van der Waals surface area contributed by atoms with E-state index in [-0.39, 0.29) is 11.7 Å². The lowest BCUT2D eigenvalue weighted by molar-refractivity contribution is 0.0362. The zero-order valence-electron chi connectivity index (χ0n) is 9.60. The monoisotopic (exact) mass is 223 g/mol. The Hall–Kier alpha value is -1.43. The summed E-state index contributed by atoms with van der Waals surface area (Å²) < 4.78 is 0. The van der Waals surface area contributed by atoms with E-state index >= 15 is 0 Å². The Bertz CT molecular complexity index is 340. The first-order chi connectivity index (χ1) is 7.68. The van der Waals surface area contributed by atoms with Gasteiger partial charge in [0.1, 0.15) is 6.33 Å². The van der Waals surface area contributed by atoms with Crippen molar-refractivity contribution in [1.82, 2.24) is 25.6 Å². The Morgan fingerprint density at radius 2 is 2.19 bits per heavy atom. The maximum atomic E-state index is 11.8.